The van der Waals surface area contributed by atoms with Crippen molar-refractivity contribution in [2.24, 2.45) is 51.8 Å². The van der Waals surface area contributed by atoms with Crippen molar-refractivity contribution in [3.8, 4) is 0 Å². The fourth-order valence-corrected chi connectivity index (χ4v) is 9.36. The van der Waals surface area contributed by atoms with Gasteiger partial charge in [0.15, 0.2) is 0 Å². The van der Waals surface area contributed by atoms with Crippen molar-refractivity contribution in [1.29, 1.82) is 0 Å². The summed E-state index contributed by atoms with van der Waals surface area (Å²) in [6, 6.07) is 0. The molecule has 0 unspecified atom stereocenters. The standard InChI is InChI=1S/C29H50O2/c1-18(2)9-8-10-19(3)20-11-12-21-26-22(13-15-28(20,21)6)29(7)16-14-25(31)27(4,5)24(29)17-23(26)30/h17-23,25-26,30-31H,8-16H2,1-7H3/t19-,20-,21+,22+,23-,25-,26+,28-,29-/m1/s1. The second-order valence-electron chi connectivity index (χ2n) is 13.6. The molecule has 0 bridgehead atoms. The first kappa shape index (κ1) is 23.8. The van der Waals surface area contributed by atoms with Crippen molar-refractivity contribution >= 4 is 0 Å². The first-order valence-corrected chi connectivity index (χ1v) is 13.5. The molecule has 2 heteroatoms. The SMILES string of the molecule is CC(C)CCC[C@@H](C)[C@H]1CC[C@H]2[C@@H]3[C@H](O)C=C4C(C)(C)[C@H](O)CC[C@]4(C)[C@H]3CC[C@]12C. The van der Waals surface area contributed by atoms with Gasteiger partial charge in [0.2, 0.25) is 0 Å². The molecule has 4 aliphatic carbocycles. The number of rotatable bonds is 5. The van der Waals surface area contributed by atoms with Gasteiger partial charge in [-0.3, -0.25) is 0 Å². The molecular formula is C29H50O2. The highest BCUT2D eigenvalue weighted by molar-refractivity contribution is 5.33. The van der Waals surface area contributed by atoms with Gasteiger partial charge in [0, 0.05) is 5.41 Å². The molecule has 4 aliphatic rings. The van der Waals surface area contributed by atoms with E-state index in [9.17, 15) is 10.2 Å². The van der Waals surface area contributed by atoms with Gasteiger partial charge in [-0.2, -0.15) is 0 Å². The summed E-state index contributed by atoms with van der Waals surface area (Å²) in [4.78, 5) is 0. The lowest BCUT2D eigenvalue weighted by molar-refractivity contribution is -0.111. The molecule has 0 amide bonds. The molecule has 0 aliphatic heterocycles. The van der Waals surface area contributed by atoms with Gasteiger partial charge in [-0.15, -0.1) is 0 Å². The van der Waals surface area contributed by atoms with Crippen LogP contribution in [0.5, 0.6) is 0 Å². The molecule has 0 aromatic rings. The minimum Gasteiger partial charge on any atom is -0.392 e. The molecule has 0 aromatic heterocycles. The number of aliphatic hydroxyl groups is 2. The van der Waals surface area contributed by atoms with Crippen LogP contribution in [0.3, 0.4) is 0 Å². The van der Waals surface area contributed by atoms with Gasteiger partial charge >= 0.3 is 0 Å². The number of hydrogen-bond donors (Lipinski definition) is 2. The third-order valence-electron chi connectivity index (χ3n) is 11.2. The molecule has 3 saturated carbocycles. The maximum atomic E-state index is 11.5. The van der Waals surface area contributed by atoms with Crippen LogP contribution in [0.15, 0.2) is 11.6 Å². The largest absolute Gasteiger partial charge is 0.392 e. The van der Waals surface area contributed by atoms with E-state index in [1.165, 1.54) is 50.5 Å². The second-order valence-corrected chi connectivity index (χ2v) is 13.6. The zero-order valence-electron chi connectivity index (χ0n) is 21.5. The third-order valence-corrected chi connectivity index (χ3v) is 11.2. The van der Waals surface area contributed by atoms with Crippen molar-refractivity contribution in [2.45, 2.75) is 118 Å². The van der Waals surface area contributed by atoms with Crippen molar-refractivity contribution in [3.05, 3.63) is 11.6 Å². The minimum absolute atomic E-state index is 0.148. The lowest BCUT2D eigenvalue weighted by atomic mass is 9.43. The minimum atomic E-state index is -0.336. The van der Waals surface area contributed by atoms with Crippen molar-refractivity contribution in [3.63, 3.8) is 0 Å². The Kier molecular flexibility index (Phi) is 6.26. The molecule has 0 spiro atoms. The summed E-state index contributed by atoms with van der Waals surface area (Å²) in [5.74, 6) is 4.07. The van der Waals surface area contributed by atoms with Crippen LogP contribution in [-0.4, -0.2) is 22.4 Å². The normalized spacial score (nSPS) is 47.4. The highest BCUT2D eigenvalue weighted by Gasteiger charge is 2.63. The monoisotopic (exact) mass is 430 g/mol. The van der Waals surface area contributed by atoms with Crippen LogP contribution in [0.4, 0.5) is 0 Å². The van der Waals surface area contributed by atoms with Crippen molar-refractivity contribution in [1.82, 2.24) is 0 Å². The van der Waals surface area contributed by atoms with Crippen LogP contribution in [0, 0.1) is 51.8 Å². The molecule has 2 nitrogen and oxygen atoms in total. The Bertz CT molecular complexity index is 693. The van der Waals surface area contributed by atoms with Gasteiger partial charge in [-0.1, -0.05) is 79.4 Å². The topological polar surface area (TPSA) is 40.5 Å². The van der Waals surface area contributed by atoms with Gasteiger partial charge in [-0.05, 0) is 84.9 Å². The maximum Gasteiger partial charge on any atom is 0.0757 e. The van der Waals surface area contributed by atoms with Crippen LogP contribution >= 0.6 is 0 Å². The molecular weight excluding hydrogens is 380 g/mol. The van der Waals surface area contributed by atoms with Gasteiger partial charge < -0.3 is 10.2 Å². The Labute approximate surface area is 192 Å². The Morgan fingerprint density at radius 3 is 2.29 bits per heavy atom. The average Bonchev–Trinajstić information content (AvgIpc) is 3.04. The Balaban J connectivity index is 1.58. The van der Waals surface area contributed by atoms with E-state index in [1.807, 2.05) is 0 Å². The molecule has 0 aromatic carbocycles. The van der Waals surface area contributed by atoms with E-state index < -0.39 is 0 Å². The summed E-state index contributed by atoms with van der Waals surface area (Å²) in [6.07, 6.45) is 12.9. The predicted molar refractivity (Wildman–Crippen MR) is 130 cm³/mol. The third kappa shape index (κ3) is 3.67. The molecule has 0 radical (unpaired) electrons. The van der Waals surface area contributed by atoms with E-state index in [1.54, 1.807) is 0 Å². The molecule has 2 N–H and O–H groups in total. The lowest BCUT2D eigenvalue weighted by Crippen LogP contribution is -2.58. The van der Waals surface area contributed by atoms with Gasteiger partial charge in [0.25, 0.3) is 0 Å². The van der Waals surface area contributed by atoms with Crippen LogP contribution in [-0.2, 0) is 0 Å². The molecule has 4 rings (SSSR count). The molecule has 0 heterocycles. The van der Waals surface area contributed by atoms with Gasteiger partial charge in [-0.25, -0.2) is 0 Å². The fraction of sp³-hybridized carbons (Fsp3) is 0.931. The van der Waals surface area contributed by atoms with Crippen LogP contribution in [0.2, 0.25) is 0 Å². The Hall–Kier alpha value is -0.340. The summed E-state index contributed by atoms with van der Waals surface area (Å²) < 4.78 is 0. The summed E-state index contributed by atoms with van der Waals surface area (Å²) in [5.41, 5.74) is 1.68. The summed E-state index contributed by atoms with van der Waals surface area (Å²) in [6.45, 7) is 16.7. The van der Waals surface area contributed by atoms with Crippen LogP contribution < -0.4 is 0 Å². The number of fused-ring (bicyclic) bond motifs is 5. The van der Waals surface area contributed by atoms with Gasteiger partial charge in [0.1, 0.15) is 0 Å². The molecule has 9 atom stereocenters. The summed E-state index contributed by atoms with van der Waals surface area (Å²) >= 11 is 0. The van der Waals surface area contributed by atoms with Crippen molar-refractivity contribution < 1.29 is 10.2 Å². The smallest absolute Gasteiger partial charge is 0.0757 e. The second kappa shape index (κ2) is 8.15. The summed E-state index contributed by atoms with van der Waals surface area (Å²) in [5, 5.41) is 22.2. The highest BCUT2D eigenvalue weighted by Crippen LogP contribution is 2.68. The molecule has 0 saturated heterocycles. The highest BCUT2D eigenvalue weighted by atomic mass is 16.3. The maximum absolute atomic E-state index is 11.5. The Morgan fingerprint density at radius 1 is 0.903 bits per heavy atom. The zero-order chi connectivity index (χ0) is 22.8. The van der Waals surface area contributed by atoms with Crippen LogP contribution in [0.1, 0.15) is 106 Å². The zero-order valence-corrected chi connectivity index (χ0v) is 21.5. The van der Waals surface area contributed by atoms with E-state index >= 15 is 0 Å². The van der Waals surface area contributed by atoms with Gasteiger partial charge in [0.05, 0.1) is 12.2 Å². The average molecular weight is 431 g/mol. The molecule has 3 fully saturated rings. The lowest BCUT2D eigenvalue weighted by Gasteiger charge is -2.62. The molecule has 178 valence electrons. The number of hydrogen-bond acceptors (Lipinski definition) is 2. The first-order valence-electron chi connectivity index (χ1n) is 13.5. The van der Waals surface area contributed by atoms with E-state index in [0.29, 0.717) is 23.2 Å². The molecule has 31 heavy (non-hydrogen) atoms. The number of aliphatic hydroxyl groups excluding tert-OH is 2. The summed E-state index contributed by atoms with van der Waals surface area (Å²) in [7, 11) is 0. The van der Waals surface area contributed by atoms with E-state index in [4.69, 9.17) is 0 Å². The van der Waals surface area contributed by atoms with E-state index in [0.717, 1.165) is 30.6 Å². The van der Waals surface area contributed by atoms with E-state index in [2.05, 4.69) is 54.5 Å². The quantitative estimate of drug-likeness (QED) is 0.461. The van der Waals surface area contributed by atoms with Crippen LogP contribution in [0.25, 0.3) is 0 Å². The predicted octanol–water partition coefficient (Wildman–Crippen LogP) is 7.00. The first-order chi connectivity index (χ1) is 14.4. The van der Waals surface area contributed by atoms with E-state index in [-0.39, 0.29) is 23.0 Å². The Morgan fingerprint density at radius 2 is 1.61 bits per heavy atom. The van der Waals surface area contributed by atoms with Crippen molar-refractivity contribution in [2.75, 3.05) is 0 Å². The fourth-order valence-electron chi connectivity index (χ4n) is 9.36.